The maximum Gasteiger partial charge on any atom is 0.241 e. The highest BCUT2D eigenvalue weighted by Gasteiger charge is 2.28. The Morgan fingerprint density at radius 3 is 2.67 bits per heavy atom. The molecule has 0 bridgehead atoms. The number of carbonyl (C=O) groups is 1. The average molecular weight is 312 g/mol. The van der Waals surface area contributed by atoms with Crippen molar-refractivity contribution >= 4 is 21.6 Å². The predicted molar refractivity (Wildman–Crippen MR) is 79.7 cm³/mol. The van der Waals surface area contributed by atoms with Gasteiger partial charge in [-0.25, -0.2) is 13.1 Å². The van der Waals surface area contributed by atoms with Gasteiger partial charge in [-0.1, -0.05) is 0 Å². The lowest BCUT2D eigenvalue weighted by molar-refractivity contribution is -0.116. The molecule has 1 heterocycles. The summed E-state index contributed by atoms with van der Waals surface area (Å²) >= 11 is 0. The van der Waals surface area contributed by atoms with Gasteiger partial charge < -0.3 is 10.0 Å². The van der Waals surface area contributed by atoms with Crippen LogP contribution in [-0.4, -0.2) is 38.1 Å². The fraction of sp³-hybridized carbons (Fsp3) is 0.500. The molecule has 21 heavy (non-hydrogen) atoms. The number of amides is 1. The zero-order valence-corrected chi connectivity index (χ0v) is 13.2. The molecule has 0 atom stereocenters. The van der Waals surface area contributed by atoms with Crippen LogP contribution in [0.3, 0.4) is 0 Å². The van der Waals surface area contributed by atoms with Crippen molar-refractivity contribution < 1.29 is 18.3 Å². The summed E-state index contributed by atoms with van der Waals surface area (Å²) < 4.78 is 27.1. The predicted octanol–water partition coefficient (Wildman–Crippen LogP) is 0.645. The lowest BCUT2D eigenvalue weighted by Crippen LogP contribution is -2.46. The van der Waals surface area contributed by atoms with Gasteiger partial charge in [-0.15, -0.1) is 0 Å². The molecule has 0 aromatic heterocycles. The van der Waals surface area contributed by atoms with Crippen LogP contribution in [0.2, 0.25) is 0 Å². The van der Waals surface area contributed by atoms with Crippen molar-refractivity contribution in [3.05, 3.63) is 23.8 Å². The third kappa shape index (κ3) is 3.25. The van der Waals surface area contributed by atoms with Crippen molar-refractivity contribution in [2.45, 2.75) is 37.6 Å². The van der Waals surface area contributed by atoms with Gasteiger partial charge in [0.1, 0.15) is 0 Å². The number of benzene rings is 1. The SMILES string of the molecule is CC(=O)N1CCc2cc(S(=O)(=O)NC(C)(C)CO)ccc21. The first-order valence-corrected chi connectivity index (χ1v) is 8.20. The van der Waals surface area contributed by atoms with E-state index in [1.807, 2.05) is 0 Å². The molecular weight excluding hydrogens is 292 g/mol. The number of hydrogen-bond donors (Lipinski definition) is 2. The zero-order valence-electron chi connectivity index (χ0n) is 12.4. The minimum absolute atomic E-state index is 0.0519. The third-order valence-corrected chi connectivity index (χ3v) is 5.14. The molecule has 0 fully saturated rings. The van der Waals surface area contributed by atoms with Crippen LogP contribution in [0.15, 0.2) is 23.1 Å². The summed E-state index contributed by atoms with van der Waals surface area (Å²) in [5.41, 5.74) is 0.682. The summed E-state index contributed by atoms with van der Waals surface area (Å²) in [5, 5.41) is 9.18. The van der Waals surface area contributed by atoms with E-state index >= 15 is 0 Å². The van der Waals surface area contributed by atoms with Gasteiger partial charge in [0.05, 0.1) is 17.0 Å². The third-order valence-electron chi connectivity index (χ3n) is 3.44. The van der Waals surface area contributed by atoms with E-state index in [0.717, 1.165) is 11.3 Å². The number of aliphatic hydroxyl groups is 1. The largest absolute Gasteiger partial charge is 0.394 e. The van der Waals surface area contributed by atoms with Crippen LogP contribution < -0.4 is 9.62 Å². The zero-order chi connectivity index (χ0) is 15.8. The lowest BCUT2D eigenvalue weighted by Gasteiger charge is -2.23. The van der Waals surface area contributed by atoms with E-state index in [1.165, 1.54) is 13.0 Å². The van der Waals surface area contributed by atoms with Crippen LogP contribution in [0, 0.1) is 0 Å². The van der Waals surface area contributed by atoms with Gasteiger partial charge in [0.25, 0.3) is 0 Å². The topological polar surface area (TPSA) is 86.7 Å². The van der Waals surface area contributed by atoms with Crippen LogP contribution in [0.4, 0.5) is 5.69 Å². The van der Waals surface area contributed by atoms with E-state index in [4.69, 9.17) is 0 Å². The number of rotatable bonds is 4. The van der Waals surface area contributed by atoms with E-state index in [-0.39, 0.29) is 17.4 Å². The Morgan fingerprint density at radius 2 is 2.10 bits per heavy atom. The second-order valence-electron chi connectivity index (χ2n) is 5.86. The molecule has 2 rings (SSSR count). The van der Waals surface area contributed by atoms with Gasteiger partial charge in [0.15, 0.2) is 0 Å². The van der Waals surface area contributed by atoms with Crippen molar-refractivity contribution in [3.8, 4) is 0 Å². The number of fused-ring (bicyclic) bond motifs is 1. The van der Waals surface area contributed by atoms with Gasteiger partial charge in [0, 0.05) is 19.2 Å². The molecule has 2 N–H and O–H groups in total. The van der Waals surface area contributed by atoms with E-state index in [1.54, 1.807) is 30.9 Å². The summed E-state index contributed by atoms with van der Waals surface area (Å²) in [5.74, 6) is -0.0519. The Balaban J connectivity index is 2.34. The Kier molecular flexibility index (Phi) is 4.10. The molecular formula is C14H20N2O4S. The van der Waals surface area contributed by atoms with E-state index in [0.29, 0.717) is 13.0 Å². The summed E-state index contributed by atoms with van der Waals surface area (Å²) in [6.45, 7) is 4.98. The van der Waals surface area contributed by atoms with Crippen LogP contribution in [0.1, 0.15) is 26.3 Å². The molecule has 1 aromatic carbocycles. The number of aliphatic hydroxyl groups excluding tert-OH is 1. The Bertz CT molecular complexity index is 668. The molecule has 1 aliphatic heterocycles. The molecule has 1 aromatic rings. The number of sulfonamides is 1. The van der Waals surface area contributed by atoms with Crippen LogP contribution in [0.5, 0.6) is 0 Å². The Labute approximate surface area is 124 Å². The standard InChI is InChI=1S/C14H20N2O4S/c1-10(18)16-7-6-11-8-12(4-5-13(11)16)21(19,20)15-14(2,3)9-17/h4-5,8,15,17H,6-7,9H2,1-3H3. The fourth-order valence-corrected chi connectivity index (χ4v) is 3.78. The maximum absolute atomic E-state index is 12.3. The van der Waals surface area contributed by atoms with Crippen LogP contribution in [0.25, 0.3) is 0 Å². The first-order valence-electron chi connectivity index (χ1n) is 6.72. The van der Waals surface area contributed by atoms with Crippen molar-refractivity contribution in [1.29, 1.82) is 0 Å². The second kappa shape index (κ2) is 5.40. The molecule has 116 valence electrons. The van der Waals surface area contributed by atoms with Crippen LogP contribution in [-0.2, 0) is 21.2 Å². The average Bonchev–Trinajstić information content (AvgIpc) is 2.80. The van der Waals surface area contributed by atoms with Gasteiger partial charge in [-0.2, -0.15) is 0 Å². The normalized spacial score (nSPS) is 15.1. The van der Waals surface area contributed by atoms with E-state index < -0.39 is 15.6 Å². The highest BCUT2D eigenvalue weighted by molar-refractivity contribution is 7.89. The number of nitrogens with one attached hydrogen (secondary N) is 1. The first-order chi connectivity index (χ1) is 9.66. The monoisotopic (exact) mass is 312 g/mol. The van der Waals surface area contributed by atoms with Crippen molar-refractivity contribution in [2.24, 2.45) is 0 Å². The summed E-state index contributed by atoms with van der Waals surface area (Å²) in [6, 6.07) is 4.73. The molecule has 0 saturated carbocycles. The Morgan fingerprint density at radius 1 is 1.43 bits per heavy atom. The molecule has 6 nitrogen and oxygen atoms in total. The first kappa shape index (κ1) is 15.9. The summed E-state index contributed by atoms with van der Waals surface area (Å²) in [6.07, 6.45) is 0.641. The molecule has 0 radical (unpaired) electrons. The fourth-order valence-electron chi connectivity index (χ4n) is 2.33. The quantitative estimate of drug-likeness (QED) is 0.854. The smallest absolute Gasteiger partial charge is 0.241 e. The van der Waals surface area contributed by atoms with Crippen LogP contribution >= 0.6 is 0 Å². The highest BCUT2D eigenvalue weighted by Crippen LogP contribution is 2.30. The minimum Gasteiger partial charge on any atom is -0.394 e. The maximum atomic E-state index is 12.3. The Hall–Kier alpha value is -1.44. The van der Waals surface area contributed by atoms with Gasteiger partial charge in [0.2, 0.25) is 15.9 Å². The number of hydrogen-bond acceptors (Lipinski definition) is 4. The van der Waals surface area contributed by atoms with Crippen molar-refractivity contribution in [1.82, 2.24) is 4.72 Å². The van der Waals surface area contributed by atoms with Crippen molar-refractivity contribution in [2.75, 3.05) is 18.1 Å². The molecule has 0 spiro atoms. The minimum atomic E-state index is -3.70. The summed E-state index contributed by atoms with van der Waals surface area (Å²) in [4.78, 5) is 13.3. The van der Waals surface area contributed by atoms with Gasteiger partial charge in [-0.05, 0) is 44.0 Å². The molecule has 0 aliphatic carbocycles. The second-order valence-corrected chi connectivity index (χ2v) is 7.54. The van der Waals surface area contributed by atoms with Gasteiger partial charge >= 0.3 is 0 Å². The lowest BCUT2D eigenvalue weighted by atomic mass is 10.1. The van der Waals surface area contributed by atoms with Gasteiger partial charge in [-0.3, -0.25) is 4.79 Å². The highest BCUT2D eigenvalue weighted by atomic mass is 32.2. The molecule has 1 amide bonds. The molecule has 7 heteroatoms. The molecule has 0 saturated heterocycles. The number of carbonyl (C=O) groups excluding carboxylic acids is 1. The van der Waals surface area contributed by atoms with E-state index in [2.05, 4.69) is 4.72 Å². The van der Waals surface area contributed by atoms with Crippen molar-refractivity contribution in [3.63, 3.8) is 0 Å². The molecule has 1 aliphatic rings. The molecule has 0 unspecified atom stereocenters. The number of anilines is 1. The van der Waals surface area contributed by atoms with E-state index in [9.17, 15) is 18.3 Å². The summed E-state index contributed by atoms with van der Waals surface area (Å²) in [7, 11) is -3.70. The number of nitrogens with zero attached hydrogens (tertiary/aromatic N) is 1.